The Hall–Kier alpha value is -3.59. The summed E-state index contributed by atoms with van der Waals surface area (Å²) >= 11 is 1.04. The van der Waals surface area contributed by atoms with Crippen LogP contribution in [0.4, 0.5) is 0 Å². The van der Waals surface area contributed by atoms with Crippen LogP contribution in [0.15, 0.2) is 64.7 Å². The molecule has 0 saturated heterocycles. The third-order valence-corrected chi connectivity index (χ3v) is 5.54. The van der Waals surface area contributed by atoms with Crippen molar-refractivity contribution in [3.05, 3.63) is 70.6 Å². The predicted molar refractivity (Wildman–Crippen MR) is 115 cm³/mol. The van der Waals surface area contributed by atoms with Crippen LogP contribution in [0.1, 0.15) is 5.56 Å². The van der Waals surface area contributed by atoms with Crippen molar-refractivity contribution in [2.24, 2.45) is 0 Å². The number of aromatic amines is 2. The second kappa shape index (κ2) is 8.42. The van der Waals surface area contributed by atoms with Crippen molar-refractivity contribution >= 4 is 45.4 Å². The van der Waals surface area contributed by atoms with Gasteiger partial charge in [-0.3, -0.25) is 9.59 Å². The van der Waals surface area contributed by atoms with E-state index in [2.05, 4.69) is 20.3 Å². The zero-order chi connectivity index (χ0) is 21.1. The molecule has 9 heteroatoms. The number of H-pyrrole nitrogens is 2. The van der Waals surface area contributed by atoms with Gasteiger partial charge in [-0.15, -0.1) is 0 Å². The summed E-state index contributed by atoms with van der Waals surface area (Å²) in [6, 6.07) is 13.4. The first-order valence-corrected chi connectivity index (χ1v) is 10.2. The average molecular weight is 422 g/mol. The van der Waals surface area contributed by atoms with Crippen molar-refractivity contribution in [2.75, 3.05) is 5.75 Å². The number of nitrogens with zero attached hydrogens (tertiary/aromatic N) is 1. The standard InChI is InChI=1S/C21H18N4O4S/c26-18(11-30-21-24-16-8-4-2-6-14(16)19(27)25-21)23-17(20(28)29)9-12-10-22-15-7-3-1-5-13(12)15/h1-8,10,17,22H,9,11H2,(H,23,26)(H,28,29)(H,24,25,27)/t17-/m0/s1. The summed E-state index contributed by atoms with van der Waals surface area (Å²) in [6.45, 7) is 0. The Kier molecular flexibility index (Phi) is 5.53. The fourth-order valence-corrected chi connectivity index (χ4v) is 3.90. The highest BCUT2D eigenvalue weighted by Gasteiger charge is 2.22. The molecule has 0 unspecified atom stereocenters. The Morgan fingerprint density at radius 1 is 1.10 bits per heavy atom. The maximum atomic E-state index is 12.3. The van der Waals surface area contributed by atoms with Crippen molar-refractivity contribution in [3.8, 4) is 0 Å². The van der Waals surface area contributed by atoms with Crippen LogP contribution < -0.4 is 10.9 Å². The van der Waals surface area contributed by atoms with E-state index in [-0.39, 0.29) is 17.7 Å². The number of para-hydroxylation sites is 2. The third-order valence-electron chi connectivity index (χ3n) is 4.66. The van der Waals surface area contributed by atoms with Gasteiger partial charge in [0.1, 0.15) is 6.04 Å². The van der Waals surface area contributed by atoms with Crippen LogP contribution in [0.25, 0.3) is 21.8 Å². The summed E-state index contributed by atoms with van der Waals surface area (Å²) in [5.41, 5.74) is 1.97. The number of nitrogens with one attached hydrogen (secondary N) is 3. The van der Waals surface area contributed by atoms with E-state index in [9.17, 15) is 19.5 Å². The number of carbonyl (C=O) groups is 2. The largest absolute Gasteiger partial charge is 0.480 e. The Labute approximate surface area is 174 Å². The Morgan fingerprint density at radius 3 is 2.63 bits per heavy atom. The van der Waals surface area contributed by atoms with Crippen LogP contribution in [0.3, 0.4) is 0 Å². The van der Waals surface area contributed by atoms with Gasteiger partial charge in [-0.1, -0.05) is 42.1 Å². The Bertz CT molecular complexity index is 1300. The van der Waals surface area contributed by atoms with Crippen LogP contribution in [-0.2, 0) is 16.0 Å². The lowest BCUT2D eigenvalue weighted by Crippen LogP contribution is -2.43. The smallest absolute Gasteiger partial charge is 0.326 e. The monoisotopic (exact) mass is 422 g/mol. The fourth-order valence-electron chi connectivity index (χ4n) is 3.22. The minimum atomic E-state index is -1.11. The Balaban J connectivity index is 1.42. The van der Waals surface area contributed by atoms with E-state index in [1.165, 1.54) is 0 Å². The van der Waals surface area contributed by atoms with Crippen LogP contribution in [-0.4, -0.2) is 43.7 Å². The number of carboxylic acids is 1. The molecule has 4 aromatic rings. The van der Waals surface area contributed by atoms with Gasteiger partial charge in [-0.05, 0) is 23.8 Å². The van der Waals surface area contributed by atoms with Gasteiger partial charge >= 0.3 is 5.97 Å². The number of thioether (sulfide) groups is 1. The third kappa shape index (κ3) is 4.20. The lowest BCUT2D eigenvalue weighted by atomic mass is 10.1. The lowest BCUT2D eigenvalue weighted by molar-refractivity contribution is -0.141. The summed E-state index contributed by atoms with van der Waals surface area (Å²) < 4.78 is 0. The molecule has 0 spiro atoms. The predicted octanol–water partition coefficient (Wildman–Crippen LogP) is 2.31. The molecule has 152 valence electrons. The van der Waals surface area contributed by atoms with E-state index >= 15 is 0 Å². The first kappa shape index (κ1) is 19.7. The normalized spacial score (nSPS) is 12.1. The summed E-state index contributed by atoms with van der Waals surface area (Å²) in [7, 11) is 0. The minimum absolute atomic E-state index is 0.0705. The number of hydrogen-bond donors (Lipinski definition) is 4. The number of hydrogen-bond acceptors (Lipinski definition) is 5. The molecule has 0 radical (unpaired) electrons. The first-order valence-electron chi connectivity index (χ1n) is 9.20. The van der Waals surface area contributed by atoms with Gasteiger partial charge in [0.15, 0.2) is 5.16 Å². The van der Waals surface area contributed by atoms with Crippen molar-refractivity contribution in [1.82, 2.24) is 20.3 Å². The van der Waals surface area contributed by atoms with E-state index in [1.54, 1.807) is 30.5 Å². The number of fused-ring (bicyclic) bond motifs is 2. The minimum Gasteiger partial charge on any atom is -0.480 e. The van der Waals surface area contributed by atoms with E-state index < -0.39 is 17.9 Å². The molecule has 0 bridgehead atoms. The van der Waals surface area contributed by atoms with Crippen molar-refractivity contribution in [1.29, 1.82) is 0 Å². The molecule has 0 aliphatic carbocycles. The number of carboxylic acid groups (broad SMARTS) is 1. The molecule has 0 fully saturated rings. The molecule has 8 nitrogen and oxygen atoms in total. The van der Waals surface area contributed by atoms with E-state index in [0.29, 0.717) is 16.1 Å². The van der Waals surface area contributed by atoms with E-state index in [1.807, 2.05) is 24.3 Å². The SMILES string of the molecule is O=C(CSc1nc2ccccc2c(=O)[nH]1)N[C@@H](Cc1c[nH]c2ccccc12)C(=O)O. The molecule has 2 aromatic carbocycles. The molecule has 0 aliphatic heterocycles. The van der Waals surface area contributed by atoms with Crippen molar-refractivity contribution in [3.63, 3.8) is 0 Å². The number of amides is 1. The van der Waals surface area contributed by atoms with Gasteiger partial charge in [0.05, 0.1) is 16.7 Å². The van der Waals surface area contributed by atoms with Gasteiger partial charge in [0.25, 0.3) is 5.56 Å². The quantitative estimate of drug-likeness (QED) is 0.267. The van der Waals surface area contributed by atoms with Gasteiger partial charge < -0.3 is 20.4 Å². The molecule has 0 saturated carbocycles. The number of aliphatic carboxylic acids is 1. The number of aromatic nitrogens is 3. The fraction of sp³-hybridized carbons (Fsp3) is 0.143. The molecule has 2 heterocycles. The zero-order valence-electron chi connectivity index (χ0n) is 15.7. The van der Waals surface area contributed by atoms with Crippen LogP contribution in [0, 0.1) is 0 Å². The molecule has 0 aliphatic rings. The van der Waals surface area contributed by atoms with Crippen LogP contribution in [0.2, 0.25) is 0 Å². The van der Waals surface area contributed by atoms with Gasteiger partial charge in [-0.25, -0.2) is 9.78 Å². The molecule has 4 N–H and O–H groups in total. The first-order chi connectivity index (χ1) is 14.5. The zero-order valence-corrected chi connectivity index (χ0v) is 16.5. The molecule has 30 heavy (non-hydrogen) atoms. The molecule has 1 amide bonds. The highest BCUT2D eigenvalue weighted by atomic mass is 32.2. The summed E-state index contributed by atoms with van der Waals surface area (Å²) in [5.74, 6) is -1.64. The average Bonchev–Trinajstić information content (AvgIpc) is 3.15. The maximum Gasteiger partial charge on any atom is 0.326 e. The van der Waals surface area contributed by atoms with E-state index in [0.717, 1.165) is 28.2 Å². The summed E-state index contributed by atoms with van der Waals surface area (Å²) in [5, 5.41) is 13.8. The molecular weight excluding hydrogens is 404 g/mol. The second-order valence-electron chi connectivity index (χ2n) is 6.70. The van der Waals surface area contributed by atoms with Gasteiger partial charge in [-0.2, -0.15) is 0 Å². The molecule has 2 aromatic heterocycles. The summed E-state index contributed by atoms with van der Waals surface area (Å²) in [4.78, 5) is 46.2. The van der Waals surface area contributed by atoms with Gasteiger partial charge in [0.2, 0.25) is 5.91 Å². The molecule has 1 atom stereocenters. The topological polar surface area (TPSA) is 128 Å². The van der Waals surface area contributed by atoms with Crippen molar-refractivity contribution < 1.29 is 14.7 Å². The summed E-state index contributed by atoms with van der Waals surface area (Å²) in [6.07, 6.45) is 1.91. The highest BCUT2D eigenvalue weighted by Crippen LogP contribution is 2.19. The Morgan fingerprint density at radius 2 is 1.83 bits per heavy atom. The van der Waals surface area contributed by atoms with Crippen LogP contribution >= 0.6 is 11.8 Å². The van der Waals surface area contributed by atoms with Crippen LogP contribution in [0.5, 0.6) is 0 Å². The highest BCUT2D eigenvalue weighted by molar-refractivity contribution is 7.99. The maximum absolute atomic E-state index is 12.3. The number of benzene rings is 2. The molecular formula is C21H18N4O4S. The van der Waals surface area contributed by atoms with Crippen molar-refractivity contribution in [2.45, 2.75) is 17.6 Å². The number of rotatable bonds is 7. The lowest BCUT2D eigenvalue weighted by Gasteiger charge is -2.14. The van der Waals surface area contributed by atoms with E-state index in [4.69, 9.17) is 0 Å². The van der Waals surface area contributed by atoms with Gasteiger partial charge in [0, 0.05) is 23.5 Å². The second-order valence-corrected chi connectivity index (χ2v) is 7.66. The number of carbonyl (C=O) groups excluding carboxylic acids is 1. The molecule has 4 rings (SSSR count).